The smallest absolute Gasteiger partial charge is 0.222 e. The van der Waals surface area contributed by atoms with Gasteiger partial charge in [-0.1, -0.05) is 66.7 Å². The Bertz CT molecular complexity index is 1270. The molecule has 0 saturated heterocycles. The number of hydrogen-bond acceptors (Lipinski definition) is 1. The summed E-state index contributed by atoms with van der Waals surface area (Å²) in [7, 11) is 2.12. The first-order valence-electron chi connectivity index (χ1n) is 9.20. The van der Waals surface area contributed by atoms with Crippen molar-refractivity contribution >= 4 is 21.9 Å². The van der Waals surface area contributed by atoms with Gasteiger partial charge in [0.05, 0.1) is 5.56 Å². The molecule has 2 aromatic heterocycles. The molecule has 0 amide bonds. The third-order valence-electron chi connectivity index (χ3n) is 5.36. The van der Waals surface area contributed by atoms with E-state index in [0.29, 0.717) is 0 Å². The zero-order valence-corrected chi connectivity index (χ0v) is 15.4. The first kappa shape index (κ1) is 15.8. The number of aryl methyl sites for hydroxylation is 1. The zero-order chi connectivity index (χ0) is 18.4. The van der Waals surface area contributed by atoms with Crippen LogP contribution in [0.5, 0.6) is 0 Å². The van der Waals surface area contributed by atoms with E-state index >= 15 is 0 Å². The molecule has 0 aliphatic heterocycles. The fraction of sp³-hybridized carbons (Fsp3) is 0.0800. The van der Waals surface area contributed by atoms with Crippen LogP contribution in [0.3, 0.4) is 0 Å². The van der Waals surface area contributed by atoms with E-state index < -0.39 is 0 Å². The van der Waals surface area contributed by atoms with E-state index in [1.165, 1.54) is 27.8 Å². The van der Waals surface area contributed by atoms with Gasteiger partial charge in [-0.05, 0) is 23.8 Å². The molecule has 27 heavy (non-hydrogen) atoms. The number of hydrogen-bond donors (Lipinski definition) is 0. The molecule has 2 nitrogen and oxygen atoms in total. The van der Waals surface area contributed by atoms with Crippen LogP contribution in [-0.4, -0.2) is 0 Å². The molecule has 0 aliphatic rings. The molecule has 0 radical (unpaired) electrons. The van der Waals surface area contributed by atoms with Crippen molar-refractivity contribution in [3.63, 3.8) is 0 Å². The number of benzene rings is 3. The van der Waals surface area contributed by atoms with Crippen molar-refractivity contribution in [3.05, 3.63) is 90.6 Å². The highest BCUT2D eigenvalue weighted by Gasteiger charge is 2.28. The van der Waals surface area contributed by atoms with Crippen molar-refractivity contribution in [1.29, 1.82) is 0 Å². The maximum absolute atomic E-state index is 6.30. The van der Waals surface area contributed by atoms with Crippen molar-refractivity contribution in [2.75, 3.05) is 0 Å². The predicted molar refractivity (Wildman–Crippen MR) is 111 cm³/mol. The average molecular weight is 350 g/mol. The van der Waals surface area contributed by atoms with Gasteiger partial charge in [0, 0.05) is 23.3 Å². The van der Waals surface area contributed by atoms with Gasteiger partial charge in [-0.2, -0.15) is 4.57 Å². The Hall–Kier alpha value is -3.39. The lowest BCUT2D eigenvalue weighted by Gasteiger charge is -2.12. The Morgan fingerprint density at radius 3 is 2.00 bits per heavy atom. The molecule has 0 bridgehead atoms. The van der Waals surface area contributed by atoms with Crippen molar-refractivity contribution < 1.29 is 8.98 Å². The van der Waals surface area contributed by atoms with Crippen molar-refractivity contribution in [2.24, 2.45) is 7.05 Å². The van der Waals surface area contributed by atoms with Crippen molar-refractivity contribution in [3.8, 4) is 22.4 Å². The Balaban J connectivity index is 2.05. The number of para-hydroxylation sites is 1. The van der Waals surface area contributed by atoms with Crippen molar-refractivity contribution in [2.45, 2.75) is 6.92 Å². The largest absolute Gasteiger partial charge is 0.449 e. The summed E-state index contributed by atoms with van der Waals surface area (Å²) in [6.07, 6.45) is 0. The minimum Gasteiger partial charge on any atom is -0.449 e. The van der Waals surface area contributed by atoms with E-state index in [1.54, 1.807) is 0 Å². The molecule has 2 heteroatoms. The second-order valence-corrected chi connectivity index (χ2v) is 6.90. The molecule has 0 unspecified atom stereocenters. The molecule has 5 aromatic rings. The average Bonchev–Trinajstić information content (AvgIpc) is 3.11. The Morgan fingerprint density at radius 1 is 0.704 bits per heavy atom. The summed E-state index contributed by atoms with van der Waals surface area (Å²) in [5.74, 6) is 0. The number of rotatable bonds is 2. The zero-order valence-electron chi connectivity index (χ0n) is 15.4. The summed E-state index contributed by atoms with van der Waals surface area (Å²) in [4.78, 5) is 0. The van der Waals surface area contributed by atoms with Crippen LogP contribution in [0.4, 0.5) is 0 Å². The maximum Gasteiger partial charge on any atom is 0.222 e. The molecule has 3 aromatic carbocycles. The molecule has 0 fully saturated rings. The number of fused-ring (bicyclic) bond motifs is 3. The minimum atomic E-state index is 0.929. The van der Waals surface area contributed by atoms with Gasteiger partial charge in [0.15, 0.2) is 0 Å². The SMILES string of the molecule is Cc1c2oc3ccccc3c2c(-c2ccccc2)c(-c2ccccc2)[n+]1C. The number of aromatic nitrogens is 1. The van der Waals surface area contributed by atoms with Crippen LogP contribution in [0, 0.1) is 6.92 Å². The van der Waals surface area contributed by atoms with Gasteiger partial charge in [0.2, 0.25) is 17.0 Å². The summed E-state index contributed by atoms with van der Waals surface area (Å²) >= 11 is 0. The third kappa shape index (κ3) is 2.37. The van der Waals surface area contributed by atoms with Crippen LogP contribution in [-0.2, 0) is 7.05 Å². The topological polar surface area (TPSA) is 17.0 Å². The molecular formula is C25H20NO+. The quantitative estimate of drug-likeness (QED) is 0.354. The van der Waals surface area contributed by atoms with E-state index in [0.717, 1.165) is 22.2 Å². The predicted octanol–water partition coefficient (Wildman–Crippen LogP) is 6.05. The fourth-order valence-corrected chi connectivity index (χ4v) is 3.97. The summed E-state index contributed by atoms with van der Waals surface area (Å²) in [6.45, 7) is 2.13. The highest BCUT2D eigenvalue weighted by Crippen LogP contribution is 2.41. The lowest BCUT2D eigenvalue weighted by Crippen LogP contribution is -2.35. The Kier molecular flexibility index (Phi) is 3.58. The highest BCUT2D eigenvalue weighted by molar-refractivity contribution is 6.15. The van der Waals surface area contributed by atoms with Gasteiger partial charge >= 0.3 is 0 Å². The van der Waals surface area contributed by atoms with E-state index in [4.69, 9.17) is 4.42 Å². The van der Waals surface area contributed by atoms with E-state index in [-0.39, 0.29) is 0 Å². The van der Waals surface area contributed by atoms with E-state index in [2.05, 4.69) is 91.3 Å². The summed E-state index contributed by atoms with van der Waals surface area (Å²) in [6, 6.07) is 29.5. The molecule has 130 valence electrons. The van der Waals surface area contributed by atoms with Crippen LogP contribution in [0.1, 0.15) is 5.69 Å². The van der Waals surface area contributed by atoms with Gasteiger partial charge in [-0.3, -0.25) is 0 Å². The molecule has 0 atom stereocenters. The normalized spacial score (nSPS) is 11.3. The molecule has 5 rings (SSSR count). The highest BCUT2D eigenvalue weighted by atomic mass is 16.3. The molecule has 0 saturated carbocycles. The summed E-state index contributed by atoms with van der Waals surface area (Å²) in [5, 5.41) is 2.35. The standard InChI is InChI=1S/C25H20NO/c1-17-25-23(20-15-9-10-16-21(20)27-25)22(18-11-5-3-6-12-18)24(26(17)2)19-13-7-4-8-14-19/h3-16H,1-2H3/q+1. The number of furan rings is 1. The van der Waals surface area contributed by atoms with Crippen LogP contribution < -0.4 is 4.57 Å². The summed E-state index contributed by atoms with van der Waals surface area (Å²) < 4.78 is 8.55. The van der Waals surface area contributed by atoms with Gasteiger partial charge in [-0.15, -0.1) is 0 Å². The molecule has 0 N–H and O–H groups in total. The van der Waals surface area contributed by atoms with Gasteiger partial charge in [0.25, 0.3) is 0 Å². The first-order valence-corrected chi connectivity index (χ1v) is 9.20. The van der Waals surface area contributed by atoms with E-state index in [1.807, 2.05) is 12.1 Å². The summed E-state index contributed by atoms with van der Waals surface area (Å²) in [5.41, 5.74) is 7.83. The van der Waals surface area contributed by atoms with Crippen molar-refractivity contribution in [1.82, 2.24) is 0 Å². The van der Waals surface area contributed by atoms with Crippen LogP contribution in [0.15, 0.2) is 89.3 Å². The second kappa shape index (κ2) is 6.10. The number of nitrogens with zero attached hydrogens (tertiary/aromatic N) is 1. The van der Waals surface area contributed by atoms with Crippen LogP contribution in [0.25, 0.3) is 44.3 Å². The monoisotopic (exact) mass is 350 g/mol. The first-order chi connectivity index (χ1) is 13.3. The minimum absolute atomic E-state index is 0.929. The fourth-order valence-electron chi connectivity index (χ4n) is 3.97. The van der Waals surface area contributed by atoms with Gasteiger partial charge < -0.3 is 4.42 Å². The van der Waals surface area contributed by atoms with Gasteiger partial charge in [0.1, 0.15) is 12.6 Å². The van der Waals surface area contributed by atoms with Gasteiger partial charge in [-0.25, -0.2) is 0 Å². The van der Waals surface area contributed by atoms with Crippen LogP contribution in [0.2, 0.25) is 0 Å². The number of pyridine rings is 1. The lowest BCUT2D eigenvalue weighted by atomic mass is 9.93. The van der Waals surface area contributed by atoms with E-state index in [9.17, 15) is 0 Å². The Morgan fingerprint density at radius 2 is 1.30 bits per heavy atom. The van der Waals surface area contributed by atoms with Crippen LogP contribution >= 0.6 is 0 Å². The molecule has 0 spiro atoms. The molecule has 2 heterocycles. The maximum atomic E-state index is 6.30. The lowest BCUT2D eigenvalue weighted by molar-refractivity contribution is -0.665. The third-order valence-corrected chi connectivity index (χ3v) is 5.36. The molecule has 0 aliphatic carbocycles. The second-order valence-electron chi connectivity index (χ2n) is 6.90. The Labute approximate surface area is 158 Å². The molecular weight excluding hydrogens is 330 g/mol.